The molecule has 1 atom stereocenters. The number of thiazole rings is 1. The molecule has 17 heavy (non-hydrogen) atoms. The minimum atomic E-state index is 0. The number of benzene rings is 1. The molecule has 1 aromatic heterocycles. The Hall–Kier alpha value is -0.840. The van der Waals surface area contributed by atoms with Crippen LogP contribution in [0.2, 0.25) is 0 Å². The van der Waals surface area contributed by atoms with Gasteiger partial charge in [-0.2, -0.15) is 0 Å². The second-order valence-electron chi connectivity index (χ2n) is 4.17. The number of nitrogens with zero attached hydrogens (tertiary/aromatic N) is 1. The topological polar surface area (TPSA) is 37.0 Å². The largest absolute Gasteiger partial charge is 0.357 e. The van der Waals surface area contributed by atoms with E-state index in [1.54, 1.807) is 11.3 Å². The van der Waals surface area contributed by atoms with Gasteiger partial charge in [0.05, 0.1) is 10.2 Å². The van der Waals surface area contributed by atoms with Gasteiger partial charge in [0, 0.05) is 12.6 Å². The summed E-state index contributed by atoms with van der Waals surface area (Å²) < 4.78 is 1.26. The van der Waals surface area contributed by atoms with Crippen LogP contribution in [-0.2, 0) is 0 Å². The van der Waals surface area contributed by atoms with Crippen LogP contribution in [0.3, 0.4) is 0 Å². The van der Waals surface area contributed by atoms with Gasteiger partial charge in [0.2, 0.25) is 0 Å². The van der Waals surface area contributed by atoms with E-state index in [9.17, 15) is 0 Å². The molecule has 0 aliphatic carbocycles. The van der Waals surface area contributed by atoms with Crippen LogP contribution in [0, 0.1) is 0 Å². The third-order valence-corrected chi connectivity index (χ3v) is 3.89. The third-order valence-electron chi connectivity index (χ3n) is 2.92. The van der Waals surface area contributed by atoms with Crippen LogP contribution in [-0.4, -0.2) is 24.1 Å². The maximum atomic E-state index is 4.59. The van der Waals surface area contributed by atoms with Gasteiger partial charge < -0.3 is 10.6 Å². The summed E-state index contributed by atoms with van der Waals surface area (Å²) in [4.78, 5) is 4.59. The van der Waals surface area contributed by atoms with E-state index in [-0.39, 0.29) is 12.4 Å². The average molecular weight is 270 g/mol. The maximum Gasteiger partial charge on any atom is 0.184 e. The molecule has 1 saturated heterocycles. The van der Waals surface area contributed by atoms with Crippen molar-refractivity contribution in [1.82, 2.24) is 10.3 Å². The number of piperidine rings is 1. The van der Waals surface area contributed by atoms with Crippen molar-refractivity contribution in [1.29, 1.82) is 0 Å². The molecule has 2 aromatic rings. The number of fused-ring (bicyclic) bond motifs is 1. The molecule has 1 aromatic carbocycles. The van der Waals surface area contributed by atoms with Crippen molar-refractivity contribution in [3.8, 4) is 0 Å². The summed E-state index contributed by atoms with van der Waals surface area (Å²) in [6, 6.07) is 8.82. The van der Waals surface area contributed by atoms with Crippen molar-refractivity contribution in [2.45, 2.75) is 18.9 Å². The van der Waals surface area contributed by atoms with Gasteiger partial charge in [0.25, 0.3) is 0 Å². The Morgan fingerprint density at radius 1 is 1.35 bits per heavy atom. The standard InChI is InChI=1S/C12H15N3S.ClH/c1-2-6-11-10(5-1)15-12(16-11)14-9-4-3-7-13-8-9;/h1-2,5-6,9,13H,3-4,7-8H2,(H,14,15);1H. The lowest BCUT2D eigenvalue weighted by molar-refractivity contribution is 0.480. The number of anilines is 1. The first-order valence-corrected chi connectivity index (χ1v) is 6.56. The van der Waals surface area contributed by atoms with Gasteiger partial charge in [-0.1, -0.05) is 23.5 Å². The SMILES string of the molecule is Cl.c1ccc2sc(NC3CCCNC3)nc2c1. The van der Waals surface area contributed by atoms with Gasteiger partial charge in [0.15, 0.2) is 5.13 Å². The maximum absolute atomic E-state index is 4.59. The van der Waals surface area contributed by atoms with E-state index in [1.165, 1.54) is 17.5 Å². The Morgan fingerprint density at radius 3 is 3.00 bits per heavy atom. The molecule has 3 nitrogen and oxygen atoms in total. The van der Waals surface area contributed by atoms with Gasteiger partial charge in [-0.15, -0.1) is 12.4 Å². The second-order valence-corrected chi connectivity index (χ2v) is 5.21. The van der Waals surface area contributed by atoms with E-state index < -0.39 is 0 Å². The number of nitrogens with one attached hydrogen (secondary N) is 2. The molecule has 0 bridgehead atoms. The Balaban J connectivity index is 0.00000108. The van der Waals surface area contributed by atoms with Gasteiger partial charge in [-0.3, -0.25) is 0 Å². The zero-order valence-corrected chi connectivity index (χ0v) is 11.1. The quantitative estimate of drug-likeness (QED) is 0.880. The zero-order valence-electron chi connectivity index (χ0n) is 9.48. The monoisotopic (exact) mass is 269 g/mol. The van der Waals surface area contributed by atoms with Crippen molar-refractivity contribution in [2.24, 2.45) is 0 Å². The van der Waals surface area contributed by atoms with Gasteiger partial charge in [-0.05, 0) is 31.5 Å². The molecular weight excluding hydrogens is 254 g/mol. The minimum Gasteiger partial charge on any atom is -0.357 e. The molecule has 1 aliphatic heterocycles. The number of rotatable bonds is 2. The summed E-state index contributed by atoms with van der Waals surface area (Å²) in [5, 5.41) is 7.97. The highest BCUT2D eigenvalue weighted by molar-refractivity contribution is 7.22. The lowest BCUT2D eigenvalue weighted by atomic mass is 10.1. The fourth-order valence-corrected chi connectivity index (χ4v) is 3.03. The molecule has 0 amide bonds. The fourth-order valence-electron chi connectivity index (χ4n) is 2.08. The Kier molecular flexibility index (Phi) is 4.20. The van der Waals surface area contributed by atoms with Gasteiger partial charge >= 0.3 is 0 Å². The van der Waals surface area contributed by atoms with Crippen LogP contribution >= 0.6 is 23.7 Å². The normalized spacial score (nSPS) is 19.9. The average Bonchev–Trinajstić information content (AvgIpc) is 2.72. The minimum absolute atomic E-state index is 0. The first-order chi connectivity index (χ1) is 7.92. The van der Waals surface area contributed by atoms with E-state index >= 15 is 0 Å². The van der Waals surface area contributed by atoms with Crippen LogP contribution < -0.4 is 10.6 Å². The van der Waals surface area contributed by atoms with Crippen LogP contribution in [0.25, 0.3) is 10.2 Å². The molecule has 1 aliphatic rings. The Labute approximate surface area is 111 Å². The van der Waals surface area contributed by atoms with Crippen LogP contribution in [0.1, 0.15) is 12.8 Å². The highest BCUT2D eigenvalue weighted by atomic mass is 35.5. The first-order valence-electron chi connectivity index (χ1n) is 5.75. The van der Waals surface area contributed by atoms with Crippen LogP contribution in [0.15, 0.2) is 24.3 Å². The zero-order chi connectivity index (χ0) is 10.8. The van der Waals surface area contributed by atoms with E-state index in [1.807, 2.05) is 6.07 Å². The van der Waals surface area contributed by atoms with Crippen molar-refractivity contribution in [3.05, 3.63) is 24.3 Å². The van der Waals surface area contributed by atoms with Crippen molar-refractivity contribution >= 4 is 39.1 Å². The van der Waals surface area contributed by atoms with E-state index in [2.05, 4.69) is 33.8 Å². The molecule has 3 rings (SSSR count). The van der Waals surface area contributed by atoms with Crippen molar-refractivity contribution < 1.29 is 0 Å². The summed E-state index contributed by atoms with van der Waals surface area (Å²) in [7, 11) is 0. The molecule has 1 unspecified atom stereocenters. The number of halogens is 1. The molecule has 0 saturated carbocycles. The van der Waals surface area contributed by atoms with Gasteiger partial charge in [0.1, 0.15) is 0 Å². The highest BCUT2D eigenvalue weighted by Gasteiger charge is 2.14. The first kappa shape index (κ1) is 12.6. The summed E-state index contributed by atoms with van der Waals surface area (Å²) >= 11 is 1.74. The summed E-state index contributed by atoms with van der Waals surface area (Å²) in [6.45, 7) is 2.20. The number of para-hydroxylation sites is 1. The van der Waals surface area contributed by atoms with Crippen molar-refractivity contribution in [2.75, 3.05) is 18.4 Å². The summed E-state index contributed by atoms with van der Waals surface area (Å²) in [5.74, 6) is 0. The van der Waals surface area contributed by atoms with Crippen LogP contribution in [0.5, 0.6) is 0 Å². The molecule has 2 N–H and O–H groups in total. The number of hydrogen-bond donors (Lipinski definition) is 2. The molecule has 0 spiro atoms. The van der Waals surface area contributed by atoms with Gasteiger partial charge in [-0.25, -0.2) is 4.98 Å². The fraction of sp³-hybridized carbons (Fsp3) is 0.417. The van der Waals surface area contributed by atoms with E-state index in [4.69, 9.17) is 0 Å². The second kappa shape index (κ2) is 5.67. The molecule has 92 valence electrons. The number of hydrogen-bond acceptors (Lipinski definition) is 4. The van der Waals surface area contributed by atoms with Crippen LogP contribution in [0.4, 0.5) is 5.13 Å². The molecule has 5 heteroatoms. The highest BCUT2D eigenvalue weighted by Crippen LogP contribution is 2.26. The smallest absolute Gasteiger partial charge is 0.184 e. The predicted octanol–water partition coefficient (Wildman–Crippen LogP) is 2.88. The van der Waals surface area contributed by atoms with E-state index in [0.717, 1.165) is 23.7 Å². The predicted molar refractivity (Wildman–Crippen MR) is 76.4 cm³/mol. The lowest BCUT2D eigenvalue weighted by Crippen LogP contribution is -2.38. The van der Waals surface area contributed by atoms with E-state index in [0.29, 0.717) is 6.04 Å². The molecule has 2 heterocycles. The summed E-state index contributed by atoms with van der Waals surface area (Å²) in [5.41, 5.74) is 1.10. The lowest BCUT2D eigenvalue weighted by Gasteiger charge is -2.23. The Bertz CT molecular complexity index is 446. The molecular formula is C12H16ClN3S. The third kappa shape index (κ3) is 2.89. The molecule has 0 radical (unpaired) electrons. The number of aromatic nitrogens is 1. The Morgan fingerprint density at radius 2 is 2.24 bits per heavy atom. The summed E-state index contributed by atoms with van der Waals surface area (Å²) in [6.07, 6.45) is 2.49. The van der Waals surface area contributed by atoms with Crippen molar-refractivity contribution in [3.63, 3.8) is 0 Å². The molecule has 1 fully saturated rings.